The van der Waals surface area contributed by atoms with Crippen molar-refractivity contribution in [3.8, 4) is 0 Å². The fourth-order valence-corrected chi connectivity index (χ4v) is 2.98. The second-order valence-electron chi connectivity index (χ2n) is 6.20. The summed E-state index contributed by atoms with van der Waals surface area (Å²) in [4.78, 5) is 21.1. The number of amides is 2. The lowest BCUT2D eigenvalue weighted by Gasteiger charge is -2.22. The van der Waals surface area contributed by atoms with E-state index in [9.17, 15) is 4.79 Å². The second kappa shape index (κ2) is 7.93. The van der Waals surface area contributed by atoms with E-state index in [2.05, 4.69) is 39.5 Å². The quantitative estimate of drug-likeness (QED) is 0.943. The van der Waals surface area contributed by atoms with E-state index in [1.165, 1.54) is 5.56 Å². The van der Waals surface area contributed by atoms with Crippen LogP contribution in [0.2, 0.25) is 0 Å². The first kappa shape index (κ1) is 16.5. The van der Waals surface area contributed by atoms with Crippen LogP contribution in [0.15, 0.2) is 48.5 Å². The average molecular weight is 324 g/mol. The van der Waals surface area contributed by atoms with Crippen molar-refractivity contribution >= 4 is 11.8 Å². The standard InChI is InChI=1S/C19H24N4O/c1-16-7-5-10-18(20-16)21-19(24)23-12-6-11-22(13-14-23)15-17-8-3-2-4-9-17/h2-5,7-10H,6,11-15H2,1H3,(H,20,21,24). The highest BCUT2D eigenvalue weighted by molar-refractivity contribution is 5.88. The van der Waals surface area contributed by atoms with Crippen LogP contribution in [0.3, 0.4) is 0 Å². The minimum atomic E-state index is -0.0605. The third kappa shape index (κ3) is 4.55. The Morgan fingerprint density at radius 3 is 2.67 bits per heavy atom. The lowest BCUT2D eigenvalue weighted by molar-refractivity contribution is 0.211. The molecule has 2 amide bonds. The van der Waals surface area contributed by atoms with Gasteiger partial charge in [-0.25, -0.2) is 9.78 Å². The lowest BCUT2D eigenvalue weighted by Crippen LogP contribution is -2.38. The molecule has 0 bridgehead atoms. The number of hydrogen-bond acceptors (Lipinski definition) is 3. The first-order chi connectivity index (χ1) is 11.7. The van der Waals surface area contributed by atoms with E-state index in [-0.39, 0.29) is 6.03 Å². The summed E-state index contributed by atoms with van der Waals surface area (Å²) in [7, 11) is 0. The van der Waals surface area contributed by atoms with Crippen LogP contribution in [-0.2, 0) is 6.54 Å². The Hall–Kier alpha value is -2.40. The van der Waals surface area contributed by atoms with Crippen LogP contribution < -0.4 is 5.32 Å². The summed E-state index contributed by atoms with van der Waals surface area (Å²) >= 11 is 0. The first-order valence-corrected chi connectivity index (χ1v) is 8.46. The van der Waals surface area contributed by atoms with E-state index >= 15 is 0 Å². The molecular weight excluding hydrogens is 300 g/mol. The number of nitrogens with one attached hydrogen (secondary N) is 1. The first-order valence-electron chi connectivity index (χ1n) is 8.46. The zero-order valence-corrected chi connectivity index (χ0v) is 14.1. The molecule has 2 aromatic rings. The number of hydrogen-bond donors (Lipinski definition) is 1. The van der Waals surface area contributed by atoms with E-state index < -0.39 is 0 Å². The Balaban J connectivity index is 1.54. The van der Waals surface area contributed by atoms with Crippen molar-refractivity contribution in [1.29, 1.82) is 0 Å². The summed E-state index contributed by atoms with van der Waals surface area (Å²) < 4.78 is 0. The molecule has 0 radical (unpaired) electrons. The van der Waals surface area contributed by atoms with Gasteiger partial charge in [-0.1, -0.05) is 36.4 Å². The number of nitrogens with zero attached hydrogens (tertiary/aromatic N) is 3. The normalized spacial score (nSPS) is 15.8. The minimum absolute atomic E-state index is 0.0605. The summed E-state index contributed by atoms with van der Waals surface area (Å²) in [5.41, 5.74) is 2.22. The van der Waals surface area contributed by atoms with Crippen molar-refractivity contribution in [2.45, 2.75) is 19.9 Å². The van der Waals surface area contributed by atoms with Gasteiger partial charge in [0.2, 0.25) is 0 Å². The molecule has 5 heteroatoms. The molecule has 1 aromatic heterocycles. The maximum atomic E-state index is 12.5. The second-order valence-corrected chi connectivity index (χ2v) is 6.20. The van der Waals surface area contributed by atoms with Crippen molar-refractivity contribution in [2.75, 3.05) is 31.5 Å². The highest BCUT2D eigenvalue weighted by atomic mass is 16.2. The van der Waals surface area contributed by atoms with E-state index in [0.717, 1.165) is 44.8 Å². The fourth-order valence-electron chi connectivity index (χ4n) is 2.98. The number of rotatable bonds is 3. The minimum Gasteiger partial charge on any atom is -0.323 e. The molecule has 126 valence electrons. The van der Waals surface area contributed by atoms with Crippen molar-refractivity contribution < 1.29 is 4.79 Å². The average Bonchev–Trinajstić information content (AvgIpc) is 2.81. The van der Waals surface area contributed by atoms with Gasteiger partial charge in [0.25, 0.3) is 0 Å². The molecule has 1 aromatic carbocycles. The zero-order valence-electron chi connectivity index (χ0n) is 14.1. The zero-order chi connectivity index (χ0) is 16.8. The van der Waals surface area contributed by atoms with E-state index in [1.54, 1.807) is 0 Å². The van der Waals surface area contributed by atoms with Gasteiger partial charge < -0.3 is 4.90 Å². The monoisotopic (exact) mass is 324 g/mol. The van der Waals surface area contributed by atoms with Crippen LogP contribution in [0.5, 0.6) is 0 Å². The van der Waals surface area contributed by atoms with Gasteiger partial charge >= 0.3 is 6.03 Å². The van der Waals surface area contributed by atoms with Crippen molar-refractivity contribution in [1.82, 2.24) is 14.8 Å². The fraction of sp³-hybridized carbons (Fsp3) is 0.368. The van der Waals surface area contributed by atoms with Gasteiger partial charge in [0, 0.05) is 38.4 Å². The molecule has 5 nitrogen and oxygen atoms in total. The summed E-state index contributed by atoms with van der Waals surface area (Å²) in [6, 6.07) is 16.1. The SMILES string of the molecule is Cc1cccc(NC(=O)N2CCCN(Cc3ccccc3)CC2)n1. The van der Waals surface area contributed by atoms with Crippen molar-refractivity contribution in [3.63, 3.8) is 0 Å². The molecule has 0 aliphatic carbocycles. The third-order valence-corrected chi connectivity index (χ3v) is 4.25. The number of carbonyl (C=O) groups is 1. The van der Waals surface area contributed by atoms with Gasteiger partial charge in [-0.15, -0.1) is 0 Å². The number of benzene rings is 1. The highest BCUT2D eigenvalue weighted by Gasteiger charge is 2.19. The number of pyridine rings is 1. The summed E-state index contributed by atoms with van der Waals surface area (Å²) in [5, 5.41) is 2.90. The molecule has 3 rings (SSSR count). The molecule has 0 unspecified atom stereocenters. The Labute approximate surface area is 143 Å². The Morgan fingerprint density at radius 1 is 1.04 bits per heavy atom. The molecule has 0 saturated carbocycles. The molecule has 1 N–H and O–H groups in total. The van der Waals surface area contributed by atoms with Gasteiger partial charge in [-0.3, -0.25) is 10.2 Å². The predicted octanol–water partition coefficient (Wildman–Crippen LogP) is 3.13. The van der Waals surface area contributed by atoms with Gasteiger partial charge in [0.1, 0.15) is 5.82 Å². The number of carbonyl (C=O) groups excluding carboxylic acids is 1. The van der Waals surface area contributed by atoms with Crippen molar-refractivity contribution in [2.24, 2.45) is 0 Å². The number of aryl methyl sites for hydroxylation is 1. The summed E-state index contributed by atoms with van der Waals surface area (Å²) in [5.74, 6) is 0.616. The number of aromatic nitrogens is 1. The van der Waals surface area contributed by atoms with Gasteiger partial charge in [-0.05, 0) is 31.0 Å². The highest BCUT2D eigenvalue weighted by Crippen LogP contribution is 2.11. The lowest BCUT2D eigenvalue weighted by atomic mass is 10.2. The van der Waals surface area contributed by atoms with E-state index in [4.69, 9.17) is 0 Å². The number of anilines is 1. The van der Waals surface area contributed by atoms with Crippen LogP contribution in [0.1, 0.15) is 17.7 Å². The third-order valence-electron chi connectivity index (χ3n) is 4.25. The largest absolute Gasteiger partial charge is 0.323 e. The topological polar surface area (TPSA) is 48.5 Å². The van der Waals surface area contributed by atoms with Crippen LogP contribution in [-0.4, -0.2) is 47.0 Å². The molecule has 1 aliphatic rings. The van der Waals surface area contributed by atoms with Gasteiger partial charge in [0.05, 0.1) is 0 Å². The number of urea groups is 1. The Bertz CT molecular complexity index is 674. The Kier molecular flexibility index (Phi) is 5.43. The summed E-state index contributed by atoms with van der Waals surface area (Å²) in [6.07, 6.45) is 0.988. The molecule has 0 spiro atoms. The van der Waals surface area contributed by atoms with E-state index in [1.807, 2.05) is 36.1 Å². The molecule has 2 heterocycles. The smallest absolute Gasteiger partial charge is 0.323 e. The van der Waals surface area contributed by atoms with Crippen LogP contribution in [0, 0.1) is 6.92 Å². The molecule has 1 fully saturated rings. The van der Waals surface area contributed by atoms with Crippen LogP contribution in [0.4, 0.5) is 10.6 Å². The van der Waals surface area contributed by atoms with Crippen molar-refractivity contribution in [3.05, 3.63) is 59.8 Å². The van der Waals surface area contributed by atoms with E-state index in [0.29, 0.717) is 5.82 Å². The Morgan fingerprint density at radius 2 is 1.88 bits per heavy atom. The van der Waals surface area contributed by atoms with Gasteiger partial charge in [-0.2, -0.15) is 0 Å². The van der Waals surface area contributed by atoms with Crippen LogP contribution >= 0.6 is 0 Å². The molecule has 0 atom stereocenters. The molecule has 1 aliphatic heterocycles. The molecule has 1 saturated heterocycles. The predicted molar refractivity (Wildman–Crippen MR) is 95.9 cm³/mol. The maximum absolute atomic E-state index is 12.5. The molecular formula is C19H24N4O. The van der Waals surface area contributed by atoms with Crippen LogP contribution in [0.25, 0.3) is 0 Å². The molecule has 24 heavy (non-hydrogen) atoms. The maximum Gasteiger partial charge on any atom is 0.323 e. The summed E-state index contributed by atoms with van der Waals surface area (Å²) in [6.45, 7) is 6.29. The van der Waals surface area contributed by atoms with Gasteiger partial charge in [0.15, 0.2) is 0 Å².